The van der Waals surface area contributed by atoms with Crippen LogP contribution in [0.1, 0.15) is 18.4 Å². The number of aryl methyl sites for hydroxylation is 1. The summed E-state index contributed by atoms with van der Waals surface area (Å²) in [4.78, 5) is 14.0. The topological polar surface area (TPSA) is 32.3 Å². The van der Waals surface area contributed by atoms with E-state index in [4.69, 9.17) is 0 Å². The molecule has 0 saturated carbocycles. The number of hydrogen-bond acceptors (Lipinski definition) is 2. The fraction of sp³-hybridized carbons (Fsp3) is 0.417. The molecule has 3 heteroatoms. The molecular formula is C12H14N2O. The van der Waals surface area contributed by atoms with Crippen molar-refractivity contribution < 1.29 is 4.79 Å². The summed E-state index contributed by atoms with van der Waals surface area (Å²) in [5, 5.41) is 2.98. The highest BCUT2D eigenvalue weighted by Crippen LogP contribution is 2.36. The number of anilines is 2. The van der Waals surface area contributed by atoms with Crippen LogP contribution in [0.5, 0.6) is 0 Å². The van der Waals surface area contributed by atoms with Gasteiger partial charge in [0.25, 0.3) is 0 Å². The number of carbonyl (C=O) groups excluding carboxylic acids is 1. The van der Waals surface area contributed by atoms with E-state index in [1.807, 2.05) is 12.1 Å². The van der Waals surface area contributed by atoms with Gasteiger partial charge in [-0.2, -0.15) is 0 Å². The van der Waals surface area contributed by atoms with Crippen LogP contribution in [0.4, 0.5) is 11.4 Å². The Labute approximate surface area is 89.1 Å². The van der Waals surface area contributed by atoms with Crippen LogP contribution in [0.25, 0.3) is 0 Å². The maximum absolute atomic E-state index is 11.8. The fourth-order valence-electron chi connectivity index (χ4n) is 2.53. The van der Waals surface area contributed by atoms with Crippen LogP contribution in [0, 0.1) is 6.92 Å². The van der Waals surface area contributed by atoms with Crippen molar-refractivity contribution in [3.05, 3.63) is 23.8 Å². The first kappa shape index (κ1) is 8.77. The van der Waals surface area contributed by atoms with E-state index in [1.54, 1.807) is 0 Å². The molecule has 0 bridgehead atoms. The van der Waals surface area contributed by atoms with Crippen LogP contribution >= 0.6 is 0 Å². The molecule has 1 atom stereocenters. The third kappa shape index (κ3) is 1.23. The number of nitrogens with one attached hydrogen (secondary N) is 1. The molecule has 1 amide bonds. The second kappa shape index (κ2) is 2.99. The number of benzene rings is 1. The van der Waals surface area contributed by atoms with Gasteiger partial charge in [0.05, 0.1) is 11.4 Å². The van der Waals surface area contributed by atoms with Gasteiger partial charge in [-0.1, -0.05) is 6.07 Å². The molecule has 1 aromatic carbocycles. The highest BCUT2D eigenvalue weighted by Gasteiger charge is 2.35. The number of hydrogen-bond donors (Lipinski definition) is 1. The van der Waals surface area contributed by atoms with Crippen molar-refractivity contribution in [1.82, 2.24) is 0 Å². The van der Waals surface area contributed by atoms with Gasteiger partial charge in [0.2, 0.25) is 5.91 Å². The number of fused-ring (bicyclic) bond motifs is 3. The molecule has 2 heterocycles. The summed E-state index contributed by atoms with van der Waals surface area (Å²) in [7, 11) is 0. The number of carbonyl (C=O) groups is 1. The van der Waals surface area contributed by atoms with Gasteiger partial charge >= 0.3 is 0 Å². The van der Waals surface area contributed by atoms with Gasteiger partial charge in [-0.15, -0.1) is 0 Å². The minimum Gasteiger partial charge on any atom is -0.358 e. The summed E-state index contributed by atoms with van der Waals surface area (Å²) < 4.78 is 0. The van der Waals surface area contributed by atoms with E-state index in [0.29, 0.717) is 0 Å². The number of nitrogens with zero attached hydrogens (tertiary/aromatic N) is 1. The molecule has 3 nitrogen and oxygen atoms in total. The lowest BCUT2D eigenvalue weighted by Crippen LogP contribution is -2.43. The molecule has 2 aliphatic heterocycles. The van der Waals surface area contributed by atoms with Crippen molar-refractivity contribution in [3.8, 4) is 0 Å². The molecule has 1 aromatic rings. The van der Waals surface area contributed by atoms with Gasteiger partial charge < -0.3 is 10.2 Å². The normalized spacial score (nSPS) is 23.4. The predicted octanol–water partition coefficient (Wildman–Crippen LogP) is 1.92. The third-order valence-corrected chi connectivity index (χ3v) is 3.28. The number of rotatable bonds is 0. The Morgan fingerprint density at radius 3 is 3.20 bits per heavy atom. The van der Waals surface area contributed by atoms with Crippen molar-refractivity contribution in [1.29, 1.82) is 0 Å². The molecule has 3 rings (SSSR count). The predicted molar refractivity (Wildman–Crippen MR) is 60.2 cm³/mol. The first-order valence-electron chi connectivity index (χ1n) is 5.44. The van der Waals surface area contributed by atoms with Crippen molar-refractivity contribution in [3.63, 3.8) is 0 Å². The van der Waals surface area contributed by atoms with Gasteiger partial charge in [0.1, 0.15) is 6.04 Å². The highest BCUT2D eigenvalue weighted by molar-refractivity contribution is 6.04. The van der Waals surface area contributed by atoms with Crippen molar-refractivity contribution in [2.45, 2.75) is 25.8 Å². The summed E-state index contributed by atoms with van der Waals surface area (Å²) in [5.41, 5.74) is 3.40. The summed E-state index contributed by atoms with van der Waals surface area (Å²) in [5.74, 6) is 0.156. The molecule has 78 valence electrons. The van der Waals surface area contributed by atoms with Crippen molar-refractivity contribution >= 4 is 17.3 Å². The smallest absolute Gasteiger partial charge is 0.247 e. The minimum atomic E-state index is 0.0688. The van der Waals surface area contributed by atoms with Gasteiger partial charge in [-0.25, -0.2) is 0 Å². The fourth-order valence-corrected chi connectivity index (χ4v) is 2.53. The average Bonchev–Trinajstić information content (AvgIpc) is 2.69. The first-order chi connectivity index (χ1) is 7.25. The molecule has 0 radical (unpaired) electrons. The Balaban J connectivity index is 2.12. The summed E-state index contributed by atoms with van der Waals surface area (Å²) >= 11 is 0. The molecule has 1 fully saturated rings. The van der Waals surface area contributed by atoms with Gasteiger partial charge in [0, 0.05) is 6.54 Å². The molecule has 2 aliphatic rings. The van der Waals surface area contributed by atoms with Gasteiger partial charge in [-0.3, -0.25) is 4.79 Å². The Kier molecular flexibility index (Phi) is 1.75. The second-order valence-electron chi connectivity index (χ2n) is 4.36. The molecule has 0 unspecified atom stereocenters. The van der Waals surface area contributed by atoms with E-state index in [-0.39, 0.29) is 11.9 Å². The zero-order valence-electron chi connectivity index (χ0n) is 8.79. The lowest BCUT2D eigenvalue weighted by molar-refractivity contribution is -0.117. The van der Waals surface area contributed by atoms with E-state index in [2.05, 4.69) is 23.2 Å². The van der Waals surface area contributed by atoms with Gasteiger partial charge in [0.15, 0.2) is 0 Å². The lowest BCUT2D eigenvalue weighted by atomic mass is 10.1. The molecular weight excluding hydrogens is 188 g/mol. The third-order valence-electron chi connectivity index (χ3n) is 3.28. The maximum Gasteiger partial charge on any atom is 0.247 e. The Hall–Kier alpha value is -1.51. The molecule has 0 aromatic heterocycles. The SMILES string of the molecule is Cc1ccc2c(c1)N1CCC[C@H]1C(=O)N2. The van der Waals surface area contributed by atoms with Gasteiger partial charge in [-0.05, 0) is 37.5 Å². The first-order valence-corrected chi connectivity index (χ1v) is 5.44. The summed E-state index contributed by atoms with van der Waals surface area (Å²) in [6.45, 7) is 3.09. The second-order valence-corrected chi connectivity index (χ2v) is 4.36. The van der Waals surface area contributed by atoms with Crippen LogP contribution in [0.3, 0.4) is 0 Å². The van der Waals surface area contributed by atoms with Crippen LogP contribution < -0.4 is 10.2 Å². The van der Waals surface area contributed by atoms with Crippen molar-refractivity contribution in [2.75, 3.05) is 16.8 Å². The van der Waals surface area contributed by atoms with E-state index in [0.717, 1.165) is 25.1 Å². The monoisotopic (exact) mass is 202 g/mol. The molecule has 0 spiro atoms. The summed E-state index contributed by atoms with van der Waals surface area (Å²) in [6.07, 6.45) is 2.10. The van der Waals surface area contributed by atoms with Crippen LogP contribution in [-0.4, -0.2) is 18.5 Å². The quantitative estimate of drug-likeness (QED) is 0.697. The van der Waals surface area contributed by atoms with E-state index < -0.39 is 0 Å². The van der Waals surface area contributed by atoms with E-state index >= 15 is 0 Å². The average molecular weight is 202 g/mol. The standard InChI is InChI=1S/C12H14N2O/c1-8-4-5-9-11(7-8)14-6-2-3-10(14)12(15)13-9/h4-5,7,10H,2-3,6H2,1H3,(H,13,15)/t10-/m0/s1. The largest absolute Gasteiger partial charge is 0.358 e. The Bertz CT molecular complexity index is 428. The molecule has 15 heavy (non-hydrogen) atoms. The Morgan fingerprint density at radius 1 is 1.47 bits per heavy atom. The zero-order chi connectivity index (χ0) is 10.4. The molecule has 1 N–H and O–H groups in total. The Morgan fingerprint density at radius 2 is 2.33 bits per heavy atom. The number of amides is 1. The van der Waals surface area contributed by atoms with E-state index in [1.165, 1.54) is 11.3 Å². The van der Waals surface area contributed by atoms with Crippen LogP contribution in [-0.2, 0) is 4.79 Å². The van der Waals surface area contributed by atoms with Crippen LogP contribution in [0.15, 0.2) is 18.2 Å². The maximum atomic E-state index is 11.8. The summed E-state index contributed by atoms with van der Waals surface area (Å²) in [6, 6.07) is 6.26. The minimum absolute atomic E-state index is 0.0688. The zero-order valence-corrected chi connectivity index (χ0v) is 8.79. The van der Waals surface area contributed by atoms with Crippen LogP contribution in [0.2, 0.25) is 0 Å². The van der Waals surface area contributed by atoms with Crippen molar-refractivity contribution in [2.24, 2.45) is 0 Å². The molecule has 1 saturated heterocycles. The molecule has 0 aliphatic carbocycles. The highest BCUT2D eigenvalue weighted by atomic mass is 16.2. The lowest BCUT2D eigenvalue weighted by Gasteiger charge is -2.33. The van der Waals surface area contributed by atoms with E-state index in [9.17, 15) is 4.79 Å².